The summed E-state index contributed by atoms with van der Waals surface area (Å²) < 4.78 is 6.26. The SMILES string of the molecule is C=CCN(C(=O)[C@H]1N(CCCCO)C(=O)[C@@H]2[C@@H](C(=O)O)[C@H]3CC[C@]21O3)c1c(C)cccc1C. The van der Waals surface area contributed by atoms with Crippen molar-refractivity contribution in [3.63, 3.8) is 0 Å². The molecule has 3 fully saturated rings. The predicted octanol–water partition coefficient (Wildman–Crippen LogP) is 2.05. The number of rotatable bonds is 9. The van der Waals surface area contributed by atoms with E-state index in [1.54, 1.807) is 11.0 Å². The molecule has 8 heteroatoms. The number of aliphatic hydroxyl groups is 1. The van der Waals surface area contributed by atoms with Gasteiger partial charge < -0.3 is 24.7 Å². The number of nitrogens with zero attached hydrogens (tertiary/aromatic N) is 2. The summed E-state index contributed by atoms with van der Waals surface area (Å²) in [4.78, 5) is 43.1. The normalized spacial score (nSPS) is 29.9. The number of anilines is 1. The van der Waals surface area contributed by atoms with Crippen molar-refractivity contribution in [3.05, 3.63) is 42.0 Å². The van der Waals surface area contributed by atoms with E-state index in [9.17, 15) is 24.6 Å². The first-order valence-corrected chi connectivity index (χ1v) is 11.6. The van der Waals surface area contributed by atoms with Crippen LogP contribution in [0.5, 0.6) is 0 Å². The summed E-state index contributed by atoms with van der Waals surface area (Å²) in [5.41, 5.74) is 1.48. The van der Waals surface area contributed by atoms with E-state index in [1.807, 2.05) is 32.0 Å². The summed E-state index contributed by atoms with van der Waals surface area (Å²) in [5, 5.41) is 19.1. The second-order valence-electron chi connectivity index (χ2n) is 9.33. The van der Waals surface area contributed by atoms with Gasteiger partial charge in [-0.15, -0.1) is 6.58 Å². The molecule has 3 heterocycles. The number of hydrogen-bond acceptors (Lipinski definition) is 5. The van der Waals surface area contributed by atoms with Gasteiger partial charge in [0.2, 0.25) is 5.91 Å². The molecule has 4 rings (SSSR count). The number of ether oxygens (including phenoxy) is 1. The molecule has 0 unspecified atom stereocenters. The van der Waals surface area contributed by atoms with Gasteiger partial charge in [0.25, 0.3) is 5.91 Å². The lowest BCUT2D eigenvalue weighted by molar-refractivity contribution is -0.149. The van der Waals surface area contributed by atoms with Crippen LogP contribution in [0.1, 0.15) is 36.8 Å². The van der Waals surface area contributed by atoms with Crippen LogP contribution in [-0.4, -0.2) is 70.3 Å². The largest absolute Gasteiger partial charge is 0.481 e. The predicted molar refractivity (Wildman–Crippen MR) is 122 cm³/mol. The van der Waals surface area contributed by atoms with Gasteiger partial charge in [0.15, 0.2) is 0 Å². The number of aliphatic carboxylic acids is 1. The van der Waals surface area contributed by atoms with Gasteiger partial charge in [0.1, 0.15) is 11.6 Å². The Hall–Kier alpha value is -2.71. The maximum atomic E-state index is 14.2. The van der Waals surface area contributed by atoms with Crippen molar-refractivity contribution >= 4 is 23.5 Å². The quantitative estimate of drug-likeness (QED) is 0.435. The Morgan fingerprint density at radius 1 is 1.30 bits per heavy atom. The van der Waals surface area contributed by atoms with Crippen LogP contribution in [0.4, 0.5) is 5.69 Å². The average molecular weight is 457 g/mol. The molecule has 0 radical (unpaired) electrons. The standard InChI is InChI=1S/C25H32N2O6/c1-4-12-26(20-15(2)8-7-9-16(20)3)23(30)21-25-11-10-17(33-25)18(24(31)32)19(25)22(29)27(21)13-5-6-14-28/h4,7-9,17-19,21,28H,1,5-6,10-14H2,2-3H3,(H,31,32)/t17-,18+,19+,21-,25+/m1/s1. The van der Waals surface area contributed by atoms with E-state index in [0.717, 1.165) is 16.8 Å². The number of hydrogen-bond donors (Lipinski definition) is 2. The highest BCUT2D eigenvalue weighted by atomic mass is 16.5. The second kappa shape index (κ2) is 8.91. The lowest BCUT2D eigenvalue weighted by Crippen LogP contribution is -2.56. The molecule has 1 spiro atoms. The monoisotopic (exact) mass is 456 g/mol. The molecule has 5 atom stereocenters. The van der Waals surface area contributed by atoms with Crippen molar-refractivity contribution in [2.24, 2.45) is 11.8 Å². The third-order valence-electron chi connectivity index (χ3n) is 7.41. The van der Waals surface area contributed by atoms with Gasteiger partial charge in [0, 0.05) is 25.4 Å². The number of carbonyl (C=O) groups excluding carboxylic acids is 2. The molecule has 0 aromatic heterocycles. The zero-order valence-corrected chi connectivity index (χ0v) is 19.2. The molecular weight excluding hydrogens is 424 g/mol. The Morgan fingerprint density at radius 3 is 2.61 bits per heavy atom. The average Bonchev–Trinajstić information content (AvgIpc) is 3.40. The zero-order valence-electron chi connectivity index (χ0n) is 19.2. The molecule has 8 nitrogen and oxygen atoms in total. The molecule has 0 aliphatic carbocycles. The second-order valence-corrected chi connectivity index (χ2v) is 9.33. The van der Waals surface area contributed by atoms with Crippen molar-refractivity contribution in [1.29, 1.82) is 0 Å². The number of carboxylic acid groups (broad SMARTS) is 1. The number of benzene rings is 1. The third kappa shape index (κ3) is 3.56. The number of carboxylic acids is 1. The molecule has 2 N–H and O–H groups in total. The molecule has 3 aliphatic rings. The fourth-order valence-electron chi connectivity index (χ4n) is 6.15. The Labute approximate surface area is 193 Å². The van der Waals surface area contributed by atoms with E-state index in [-0.39, 0.29) is 31.5 Å². The summed E-state index contributed by atoms with van der Waals surface area (Å²) in [7, 11) is 0. The van der Waals surface area contributed by atoms with Crippen LogP contribution in [0, 0.1) is 25.7 Å². The van der Waals surface area contributed by atoms with Crippen molar-refractivity contribution in [1.82, 2.24) is 4.90 Å². The van der Waals surface area contributed by atoms with E-state index in [0.29, 0.717) is 25.7 Å². The van der Waals surface area contributed by atoms with Gasteiger partial charge in [-0.1, -0.05) is 24.3 Å². The highest BCUT2D eigenvalue weighted by Gasteiger charge is 2.74. The van der Waals surface area contributed by atoms with Crippen LogP contribution >= 0.6 is 0 Å². The summed E-state index contributed by atoms with van der Waals surface area (Å²) in [5.74, 6) is -3.49. The van der Waals surface area contributed by atoms with Crippen LogP contribution in [0.15, 0.2) is 30.9 Å². The van der Waals surface area contributed by atoms with Crippen molar-refractivity contribution in [2.75, 3.05) is 24.6 Å². The van der Waals surface area contributed by atoms with Crippen LogP contribution in [0.25, 0.3) is 0 Å². The summed E-state index contributed by atoms with van der Waals surface area (Å²) in [6.07, 6.45) is 3.08. The molecule has 3 saturated heterocycles. The fraction of sp³-hybridized carbons (Fsp3) is 0.560. The van der Waals surface area contributed by atoms with Crippen LogP contribution < -0.4 is 4.90 Å². The van der Waals surface area contributed by atoms with Gasteiger partial charge in [-0.2, -0.15) is 0 Å². The van der Waals surface area contributed by atoms with E-state index in [4.69, 9.17) is 4.74 Å². The first-order chi connectivity index (χ1) is 15.8. The van der Waals surface area contributed by atoms with E-state index < -0.39 is 35.6 Å². The smallest absolute Gasteiger partial charge is 0.310 e. The highest BCUT2D eigenvalue weighted by Crippen LogP contribution is 2.58. The maximum absolute atomic E-state index is 14.2. The Balaban J connectivity index is 1.79. The minimum atomic E-state index is -1.14. The number of unbranched alkanes of at least 4 members (excludes halogenated alkanes) is 1. The minimum absolute atomic E-state index is 0.0173. The van der Waals surface area contributed by atoms with Crippen LogP contribution in [0.2, 0.25) is 0 Å². The molecule has 1 aromatic rings. The van der Waals surface area contributed by atoms with E-state index in [1.165, 1.54) is 4.90 Å². The van der Waals surface area contributed by atoms with Gasteiger partial charge in [-0.25, -0.2) is 0 Å². The van der Waals surface area contributed by atoms with Crippen molar-refractivity contribution in [2.45, 2.75) is 57.3 Å². The summed E-state index contributed by atoms with van der Waals surface area (Å²) in [6, 6.07) is 4.88. The number of aryl methyl sites for hydroxylation is 2. The Bertz CT molecular complexity index is 957. The van der Waals surface area contributed by atoms with Crippen LogP contribution in [0.3, 0.4) is 0 Å². The topological polar surface area (TPSA) is 107 Å². The molecular formula is C25H32N2O6. The van der Waals surface area contributed by atoms with Gasteiger partial charge in [0.05, 0.1) is 17.9 Å². The zero-order chi connectivity index (χ0) is 23.9. The first kappa shape index (κ1) is 23.4. The van der Waals surface area contributed by atoms with E-state index in [2.05, 4.69) is 6.58 Å². The molecule has 178 valence electrons. The van der Waals surface area contributed by atoms with Crippen molar-refractivity contribution in [3.8, 4) is 0 Å². The molecule has 0 saturated carbocycles. The molecule has 3 aliphatic heterocycles. The third-order valence-corrected chi connectivity index (χ3v) is 7.41. The number of carbonyl (C=O) groups is 3. The number of amides is 2. The van der Waals surface area contributed by atoms with Gasteiger partial charge in [-0.05, 0) is 50.7 Å². The number of fused-ring (bicyclic) bond motifs is 1. The maximum Gasteiger partial charge on any atom is 0.310 e. The fourth-order valence-corrected chi connectivity index (χ4v) is 6.15. The lowest BCUT2D eigenvalue weighted by atomic mass is 9.70. The van der Waals surface area contributed by atoms with Gasteiger partial charge >= 0.3 is 5.97 Å². The van der Waals surface area contributed by atoms with Crippen LogP contribution in [-0.2, 0) is 19.1 Å². The first-order valence-electron chi connectivity index (χ1n) is 11.6. The highest BCUT2D eigenvalue weighted by molar-refractivity contribution is 6.05. The lowest BCUT2D eigenvalue weighted by Gasteiger charge is -2.37. The summed E-state index contributed by atoms with van der Waals surface area (Å²) in [6.45, 7) is 8.20. The number of para-hydroxylation sites is 1. The van der Waals surface area contributed by atoms with Crippen molar-refractivity contribution < 1.29 is 29.3 Å². The number of likely N-dealkylation sites (tertiary alicyclic amines) is 1. The summed E-state index contributed by atoms with van der Waals surface area (Å²) >= 11 is 0. The molecule has 1 aromatic carbocycles. The Morgan fingerprint density at radius 2 is 2.00 bits per heavy atom. The van der Waals surface area contributed by atoms with E-state index >= 15 is 0 Å². The minimum Gasteiger partial charge on any atom is -0.481 e. The molecule has 33 heavy (non-hydrogen) atoms. The Kier molecular flexibility index (Phi) is 6.33. The number of aliphatic hydroxyl groups excluding tert-OH is 1. The van der Waals surface area contributed by atoms with Gasteiger partial charge in [-0.3, -0.25) is 14.4 Å². The molecule has 2 amide bonds. The molecule has 2 bridgehead atoms.